The van der Waals surface area contributed by atoms with Gasteiger partial charge in [-0.25, -0.2) is 0 Å². The molecule has 0 unspecified atom stereocenters. The Morgan fingerprint density at radius 3 is 2.33 bits per heavy atom. The van der Waals surface area contributed by atoms with Crippen LogP contribution in [0.3, 0.4) is 0 Å². The number of primary amides is 1. The third-order valence-electron chi connectivity index (χ3n) is 3.05. The van der Waals surface area contributed by atoms with Gasteiger partial charge in [-0.2, -0.15) is 4.99 Å². The van der Waals surface area contributed by atoms with E-state index < -0.39 is 5.91 Å². The van der Waals surface area contributed by atoms with Gasteiger partial charge in [0.2, 0.25) is 0 Å². The number of hydrogen-bond donors (Lipinski definition) is 2. The molecule has 0 heterocycles. The van der Waals surface area contributed by atoms with Crippen molar-refractivity contribution in [1.82, 2.24) is 0 Å². The van der Waals surface area contributed by atoms with Crippen molar-refractivity contribution < 1.29 is 19.0 Å². The molecule has 4 N–H and O–H groups in total. The Bertz CT molecular complexity index is 793. The highest BCUT2D eigenvalue weighted by atomic mass is 35.5. The Morgan fingerprint density at radius 1 is 1.04 bits per heavy atom. The van der Waals surface area contributed by atoms with Crippen molar-refractivity contribution in [2.45, 2.75) is 0 Å². The molecule has 126 valence electrons. The number of rotatable bonds is 5. The molecule has 0 radical (unpaired) electrons. The van der Waals surface area contributed by atoms with Crippen LogP contribution >= 0.6 is 11.6 Å². The highest BCUT2D eigenvalue weighted by molar-refractivity contribution is 6.32. The van der Waals surface area contributed by atoms with Crippen molar-refractivity contribution in [2.75, 3.05) is 14.2 Å². The van der Waals surface area contributed by atoms with E-state index in [9.17, 15) is 4.79 Å². The Balaban J connectivity index is 2.35. The van der Waals surface area contributed by atoms with Crippen molar-refractivity contribution >= 4 is 29.2 Å². The van der Waals surface area contributed by atoms with E-state index in [1.807, 2.05) is 0 Å². The lowest BCUT2D eigenvalue weighted by Gasteiger charge is -2.12. The van der Waals surface area contributed by atoms with E-state index in [-0.39, 0.29) is 17.3 Å². The van der Waals surface area contributed by atoms with Gasteiger partial charge in [0.05, 0.1) is 30.5 Å². The Kier molecular flexibility index (Phi) is 5.49. The lowest BCUT2D eigenvalue weighted by atomic mass is 10.2. The van der Waals surface area contributed by atoms with E-state index in [2.05, 4.69) is 4.99 Å². The van der Waals surface area contributed by atoms with Gasteiger partial charge in [-0.1, -0.05) is 23.7 Å². The summed E-state index contributed by atoms with van der Waals surface area (Å²) in [5, 5.41) is 0.318. The second kappa shape index (κ2) is 7.56. The normalized spacial score (nSPS) is 11.0. The van der Waals surface area contributed by atoms with Crippen LogP contribution in [0.25, 0.3) is 0 Å². The van der Waals surface area contributed by atoms with Gasteiger partial charge in [-0.05, 0) is 12.1 Å². The van der Waals surface area contributed by atoms with E-state index in [0.29, 0.717) is 22.2 Å². The molecule has 2 rings (SSSR count). The number of hydrogen-bond acceptors (Lipinski definition) is 5. The van der Waals surface area contributed by atoms with Gasteiger partial charge in [0.1, 0.15) is 5.75 Å². The fourth-order valence-electron chi connectivity index (χ4n) is 1.95. The van der Waals surface area contributed by atoms with Crippen LogP contribution in [0, 0.1) is 0 Å². The summed E-state index contributed by atoms with van der Waals surface area (Å²) in [5.74, 6) is 0.418. The highest BCUT2D eigenvalue weighted by Gasteiger charge is 2.13. The largest absolute Gasteiger partial charge is 0.495 e. The van der Waals surface area contributed by atoms with Crippen molar-refractivity contribution in [3.63, 3.8) is 0 Å². The van der Waals surface area contributed by atoms with Crippen molar-refractivity contribution in [1.29, 1.82) is 0 Å². The minimum absolute atomic E-state index is 0.205. The van der Waals surface area contributed by atoms with Crippen LogP contribution in [0.2, 0.25) is 5.02 Å². The van der Waals surface area contributed by atoms with Gasteiger partial charge in [-0.3, -0.25) is 4.79 Å². The Labute approximate surface area is 143 Å². The minimum Gasteiger partial charge on any atom is -0.495 e. The number of carbonyl (C=O) groups excluding carboxylic acids is 1. The van der Waals surface area contributed by atoms with Crippen LogP contribution in [0.4, 0.5) is 5.69 Å². The molecule has 2 aromatic carbocycles. The van der Waals surface area contributed by atoms with Crippen LogP contribution in [0.15, 0.2) is 41.4 Å². The number of amides is 1. The molecule has 0 aliphatic rings. The molecule has 0 aliphatic heterocycles. The summed E-state index contributed by atoms with van der Waals surface area (Å²) in [6.45, 7) is 0. The Morgan fingerprint density at radius 2 is 1.71 bits per heavy atom. The number of ether oxygens (including phenoxy) is 3. The predicted octanol–water partition coefficient (Wildman–Crippen LogP) is 2.48. The number of amidine groups is 1. The first-order valence-electron chi connectivity index (χ1n) is 6.78. The third-order valence-corrected chi connectivity index (χ3v) is 3.35. The zero-order valence-corrected chi connectivity index (χ0v) is 13.8. The molecule has 0 aliphatic carbocycles. The van der Waals surface area contributed by atoms with E-state index in [1.165, 1.54) is 20.3 Å². The average molecular weight is 350 g/mol. The summed E-state index contributed by atoms with van der Waals surface area (Å²) in [4.78, 5) is 15.5. The molecule has 0 spiro atoms. The van der Waals surface area contributed by atoms with E-state index in [0.717, 1.165) is 0 Å². The second-order valence-electron chi connectivity index (χ2n) is 4.57. The monoisotopic (exact) mass is 349 g/mol. The topological polar surface area (TPSA) is 109 Å². The second-order valence-corrected chi connectivity index (χ2v) is 4.98. The summed E-state index contributed by atoms with van der Waals surface area (Å²) in [6.07, 6.45) is 0. The van der Waals surface area contributed by atoms with Gasteiger partial charge in [0, 0.05) is 12.1 Å². The number of aliphatic imine (C=N–C) groups is 1. The summed E-state index contributed by atoms with van der Waals surface area (Å²) in [5.41, 5.74) is 11.6. The fraction of sp³-hybridized carbons (Fsp3) is 0.125. The molecule has 0 bridgehead atoms. The number of halogens is 1. The molecule has 0 saturated heterocycles. The molecule has 0 aromatic heterocycles. The molecule has 1 amide bonds. The molecule has 24 heavy (non-hydrogen) atoms. The summed E-state index contributed by atoms with van der Waals surface area (Å²) in [7, 11) is 2.95. The molecule has 7 nitrogen and oxygen atoms in total. The van der Waals surface area contributed by atoms with Gasteiger partial charge in [0.15, 0.2) is 11.5 Å². The summed E-state index contributed by atoms with van der Waals surface area (Å²) in [6, 6.07) is 9.34. The molecular formula is C16H16ClN3O4. The van der Waals surface area contributed by atoms with E-state index in [4.69, 9.17) is 37.3 Å². The van der Waals surface area contributed by atoms with Gasteiger partial charge < -0.3 is 25.7 Å². The van der Waals surface area contributed by atoms with E-state index >= 15 is 0 Å². The van der Waals surface area contributed by atoms with Crippen LogP contribution in [0.1, 0.15) is 10.4 Å². The standard InChI is InChI=1S/C16H16ClN3O4/c1-22-12-8-13(23-2)14(7-10(12)17)24-16(19)20-11-6-4-3-5-9(11)15(18)21/h3-8H,1-2H3,(H2,18,21)(H2,19,20). The molecule has 0 atom stereocenters. The number of benzene rings is 2. The summed E-state index contributed by atoms with van der Waals surface area (Å²) >= 11 is 6.07. The first-order valence-corrected chi connectivity index (χ1v) is 7.16. The van der Waals surface area contributed by atoms with Gasteiger partial charge >= 0.3 is 0 Å². The quantitative estimate of drug-likeness (QED) is 0.636. The predicted molar refractivity (Wildman–Crippen MR) is 91.4 cm³/mol. The maximum Gasteiger partial charge on any atom is 0.292 e. The number of nitrogens with zero attached hydrogens (tertiary/aromatic N) is 1. The number of nitrogens with two attached hydrogens (primary N) is 2. The first-order chi connectivity index (χ1) is 11.5. The van der Waals surface area contributed by atoms with Crippen molar-refractivity contribution in [3.05, 3.63) is 47.0 Å². The molecule has 0 fully saturated rings. The minimum atomic E-state index is -0.618. The molecular weight excluding hydrogens is 334 g/mol. The number of methoxy groups -OCH3 is 2. The maximum absolute atomic E-state index is 11.4. The lowest BCUT2D eigenvalue weighted by molar-refractivity contribution is 0.100. The van der Waals surface area contributed by atoms with Crippen LogP contribution in [-0.2, 0) is 0 Å². The zero-order valence-electron chi connectivity index (χ0n) is 13.1. The van der Waals surface area contributed by atoms with Crippen LogP contribution in [0.5, 0.6) is 17.2 Å². The van der Waals surface area contributed by atoms with Crippen molar-refractivity contribution in [3.8, 4) is 17.2 Å². The van der Waals surface area contributed by atoms with Crippen LogP contribution in [-0.4, -0.2) is 26.1 Å². The van der Waals surface area contributed by atoms with Crippen molar-refractivity contribution in [2.24, 2.45) is 16.5 Å². The van der Waals surface area contributed by atoms with Gasteiger partial charge in [0.25, 0.3) is 11.9 Å². The number of carbonyl (C=O) groups is 1. The Hall–Kier alpha value is -2.93. The first kappa shape index (κ1) is 17.4. The maximum atomic E-state index is 11.4. The summed E-state index contributed by atoms with van der Waals surface area (Å²) < 4.78 is 15.8. The molecule has 2 aromatic rings. The van der Waals surface area contributed by atoms with E-state index in [1.54, 1.807) is 30.3 Å². The fourth-order valence-corrected chi connectivity index (χ4v) is 2.18. The highest BCUT2D eigenvalue weighted by Crippen LogP contribution is 2.37. The molecule has 0 saturated carbocycles. The van der Waals surface area contributed by atoms with Gasteiger partial charge in [-0.15, -0.1) is 0 Å². The average Bonchev–Trinajstić information content (AvgIpc) is 2.55. The van der Waals surface area contributed by atoms with Crippen LogP contribution < -0.4 is 25.7 Å². The molecule has 8 heteroatoms. The number of para-hydroxylation sites is 1. The SMILES string of the molecule is COc1cc(OC)c(OC(N)=Nc2ccccc2C(N)=O)cc1Cl. The zero-order chi connectivity index (χ0) is 17.7. The lowest BCUT2D eigenvalue weighted by Crippen LogP contribution is -2.20. The smallest absolute Gasteiger partial charge is 0.292 e. The third kappa shape index (κ3) is 3.88.